The molecular weight excluding hydrogens is 377 g/mol. The molecule has 0 bridgehead atoms. The van der Waals surface area contributed by atoms with Gasteiger partial charge in [0.25, 0.3) is 5.91 Å². The lowest BCUT2D eigenvalue weighted by molar-refractivity contribution is 0.0600. The van der Waals surface area contributed by atoms with Crippen molar-refractivity contribution in [1.82, 2.24) is 0 Å². The van der Waals surface area contributed by atoms with Gasteiger partial charge in [-0.2, -0.15) is 0 Å². The third-order valence-corrected chi connectivity index (χ3v) is 5.68. The Hall–Kier alpha value is -3.12. The van der Waals surface area contributed by atoms with Gasteiger partial charge < -0.3 is 9.64 Å². The summed E-state index contributed by atoms with van der Waals surface area (Å²) in [6.45, 7) is 0.0536. The van der Waals surface area contributed by atoms with Crippen molar-refractivity contribution in [2.24, 2.45) is 0 Å². The zero-order valence-electron chi connectivity index (χ0n) is 15.0. The van der Waals surface area contributed by atoms with E-state index in [1.165, 1.54) is 29.8 Å². The number of hydrogen-bond donors (Lipinski definition) is 0. The zero-order chi connectivity index (χ0) is 19.7. The summed E-state index contributed by atoms with van der Waals surface area (Å²) >= 11 is 1.45. The van der Waals surface area contributed by atoms with Gasteiger partial charge >= 0.3 is 5.97 Å². The third-order valence-electron chi connectivity index (χ3n) is 4.54. The smallest absolute Gasteiger partial charge is 0.337 e. The number of rotatable bonds is 3. The van der Waals surface area contributed by atoms with Crippen LogP contribution in [-0.2, 0) is 11.3 Å². The molecule has 140 valence electrons. The van der Waals surface area contributed by atoms with Gasteiger partial charge in [0.1, 0.15) is 5.82 Å². The lowest BCUT2D eigenvalue weighted by atomic mass is 10.1. The molecule has 0 spiro atoms. The van der Waals surface area contributed by atoms with Gasteiger partial charge in [0.2, 0.25) is 0 Å². The van der Waals surface area contributed by atoms with Gasteiger partial charge in [0, 0.05) is 15.4 Å². The average Bonchev–Trinajstić information content (AvgIpc) is 2.83. The molecule has 0 radical (unpaired) electrons. The molecule has 4 rings (SSSR count). The molecular formula is C22H16FNO3S. The Balaban J connectivity index is 1.88. The number of carbonyl (C=O) groups excluding carboxylic acids is 2. The second-order valence-corrected chi connectivity index (χ2v) is 7.34. The third kappa shape index (κ3) is 3.27. The summed E-state index contributed by atoms with van der Waals surface area (Å²) in [6, 6.07) is 18.7. The fraction of sp³-hybridized carbons (Fsp3) is 0.0909. The fourth-order valence-electron chi connectivity index (χ4n) is 3.12. The van der Waals surface area contributed by atoms with Gasteiger partial charge in [0.15, 0.2) is 0 Å². The summed E-state index contributed by atoms with van der Waals surface area (Å²) < 4.78 is 19.1. The van der Waals surface area contributed by atoms with E-state index in [0.717, 1.165) is 9.79 Å². The Bertz CT molecular complexity index is 1080. The number of ether oxygens (including phenoxy) is 1. The van der Waals surface area contributed by atoms with E-state index in [4.69, 9.17) is 4.74 Å². The molecule has 1 amide bonds. The van der Waals surface area contributed by atoms with Crippen molar-refractivity contribution in [3.8, 4) is 0 Å². The lowest BCUT2D eigenvalue weighted by Gasteiger charge is -2.24. The highest BCUT2D eigenvalue weighted by molar-refractivity contribution is 7.99. The molecule has 0 N–H and O–H groups in total. The van der Waals surface area contributed by atoms with E-state index in [9.17, 15) is 14.0 Å². The number of methoxy groups -OCH3 is 1. The van der Waals surface area contributed by atoms with E-state index in [1.54, 1.807) is 48.5 Å². The number of anilines is 1. The van der Waals surface area contributed by atoms with Crippen LogP contribution < -0.4 is 4.90 Å². The van der Waals surface area contributed by atoms with Crippen molar-refractivity contribution < 1.29 is 18.7 Å². The molecule has 1 aliphatic rings. The number of nitrogens with zero attached hydrogens (tertiary/aromatic N) is 1. The summed E-state index contributed by atoms with van der Waals surface area (Å²) in [5.74, 6) is -1.12. The fourth-order valence-corrected chi connectivity index (χ4v) is 4.18. The van der Waals surface area contributed by atoms with Gasteiger partial charge in [-0.1, -0.05) is 42.1 Å². The van der Waals surface area contributed by atoms with Crippen molar-refractivity contribution >= 4 is 29.3 Å². The SMILES string of the molecule is COC(=O)c1ccc2c(c1)N(Cc1ccccc1F)C(=O)c1ccccc1S2. The highest BCUT2D eigenvalue weighted by Crippen LogP contribution is 2.42. The van der Waals surface area contributed by atoms with Crippen molar-refractivity contribution in [3.05, 3.63) is 89.2 Å². The first kappa shape index (κ1) is 18.3. The minimum absolute atomic E-state index is 0.0536. The maximum Gasteiger partial charge on any atom is 0.337 e. The van der Waals surface area contributed by atoms with E-state index >= 15 is 0 Å². The van der Waals surface area contributed by atoms with Gasteiger partial charge in [-0.05, 0) is 36.4 Å². The summed E-state index contributed by atoms with van der Waals surface area (Å²) in [5.41, 5.74) is 1.82. The molecule has 0 aromatic heterocycles. The standard InChI is InChI=1S/C22H16FNO3S/c1-27-22(26)14-10-11-20-18(12-14)24(13-15-6-2-4-8-17(15)23)21(25)16-7-3-5-9-19(16)28-20/h2-12H,13H2,1H3. The van der Waals surface area contributed by atoms with E-state index < -0.39 is 5.97 Å². The van der Waals surface area contributed by atoms with Crippen LogP contribution in [0.25, 0.3) is 0 Å². The monoisotopic (exact) mass is 393 g/mol. The largest absolute Gasteiger partial charge is 0.465 e. The number of benzene rings is 3. The molecule has 3 aromatic rings. The number of hydrogen-bond acceptors (Lipinski definition) is 4. The van der Waals surface area contributed by atoms with Crippen LogP contribution in [0.15, 0.2) is 76.5 Å². The van der Waals surface area contributed by atoms with Crippen molar-refractivity contribution in [1.29, 1.82) is 0 Å². The summed E-state index contributed by atoms with van der Waals surface area (Å²) in [7, 11) is 1.31. The second-order valence-electron chi connectivity index (χ2n) is 6.26. The minimum atomic E-state index is -0.493. The Morgan fingerprint density at radius 3 is 2.57 bits per heavy atom. The van der Waals surface area contributed by atoms with Crippen LogP contribution in [0, 0.1) is 5.82 Å². The predicted octanol–water partition coefficient (Wildman–Crippen LogP) is 4.92. The summed E-state index contributed by atoms with van der Waals surface area (Å²) in [4.78, 5) is 28.5. The number of amides is 1. The number of esters is 1. The minimum Gasteiger partial charge on any atom is -0.465 e. The highest BCUT2D eigenvalue weighted by atomic mass is 32.2. The van der Waals surface area contributed by atoms with Crippen molar-refractivity contribution in [2.45, 2.75) is 16.3 Å². The van der Waals surface area contributed by atoms with Crippen LogP contribution in [0.4, 0.5) is 10.1 Å². The predicted molar refractivity (Wildman–Crippen MR) is 105 cm³/mol. The first-order valence-corrected chi connectivity index (χ1v) is 9.44. The molecule has 0 aliphatic carbocycles. The maximum absolute atomic E-state index is 14.3. The Morgan fingerprint density at radius 1 is 1.04 bits per heavy atom. The molecule has 28 heavy (non-hydrogen) atoms. The molecule has 0 saturated carbocycles. The van der Waals surface area contributed by atoms with Gasteiger partial charge in [-0.25, -0.2) is 9.18 Å². The van der Waals surface area contributed by atoms with Crippen LogP contribution >= 0.6 is 11.8 Å². The van der Waals surface area contributed by atoms with Crippen LogP contribution in [0.3, 0.4) is 0 Å². The highest BCUT2D eigenvalue weighted by Gasteiger charge is 2.28. The maximum atomic E-state index is 14.3. The van der Waals surface area contributed by atoms with Gasteiger partial charge in [-0.3, -0.25) is 4.79 Å². The number of carbonyl (C=O) groups is 2. The average molecular weight is 393 g/mol. The summed E-state index contributed by atoms with van der Waals surface area (Å²) in [5, 5.41) is 0. The molecule has 4 nitrogen and oxygen atoms in total. The number of fused-ring (bicyclic) bond motifs is 2. The second kappa shape index (κ2) is 7.48. The Morgan fingerprint density at radius 2 is 1.79 bits per heavy atom. The van der Waals surface area contributed by atoms with Gasteiger partial charge in [0.05, 0.1) is 30.5 Å². The van der Waals surface area contributed by atoms with E-state index in [1.807, 2.05) is 12.1 Å². The van der Waals surface area contributed by atoms with Crippen LogP contribution in [0.2, 0.25) is 0 Å². The molecule has 1 heterocycles. The first-order valence-electron chi connectivity index (χ1n) is 8.63. The van der Waals surface area contributed by atoms with Crippen LogP contribution in [0.5, 0.6) is 0 Å². The van der Waals surface area contributed by atoms with Crippen LogP contribution in [-0.4, -0.2) is 19.0 Å². The molecule has 0 fully saturated rings. The van der Waals surface area contributed by atoms with E-state index in [0.29, 0.717) is 22.4 Å². The van der Waals surface area contributed by atoms with Crippen LogP contribution in [0.1, 0.15) is 26.3 Å². The molecule has 3 aromatic carbocycles. The summed E-state index contributed by atoms with van der Waals surface area (Å²) in [6.07, 6.45) is 0. The first-order chi connectivity index (χ1) is 13.6. The molecule has 6 heteroatoms. The van der Waals surface area contributed by atoms with Crippen molar-refractivity contribution in [2.75, 3.05) is 12.0 Å². The molecule has 0 saturated heterocycles. The Labute approximate surface area is 165 Å². The van der Waals surface area contributed by atoms with E-state index in [2.05, 4.69) is 0 Å². The molecule has 1 aliphatic heterocycles. The molecule has 0 unspecified atom stereocenters. The quantitative estimate of drug-likeness (QED) is 0.593. The van der Waals surface area contributed by atoms with Crippen molar-refractivity contribution in [3.63, 3.8) is 0 Å². The normalized spacial score (nSPS) is 12.8. The van der Waals surface area contributed by atoms with E-state index in [-0.39, 0.29) is 18.3 Å². The number of halogens is 1. The molecule has 0 atom stereocenters. The van der Waals surface area contributed by atoms with Gasteiger partial charge in [-0.15, -0.1) is 0 Å². The lowest BCUT2D eigenvalue weighted by Crippen LogP contribution is -2.31. The topological polar surface area (TPSA) is 46.6 Å². The zero-order valence-corrected chi connectivity index (χ0v) is 15.8. The Kier molecular flexibility index (Phi) is 4.88.